The Morgan fingerprint density at radius 2 is 2.17 bits per heavy atom. The SMILES string of the molecule is NC(=O)c1cc(Br)c(O)cc1F. The molecule has 0 radical (unpaired) electrons. The Kier molecular flexibility index (Phi) is 2.32. The van der Waals surface area contributed by atoms with Crippen LogP contribution in [0.2, 0.25) is 0 Å². The van der Waals surface area contributed by atoms with E-state index in [1.807, 2.05) is 0 Å². The molecule has 0 unspecified atom stereocenters. The number of halogens is 2. The summed E-state index contributed by atoms with van der Waals surface area (Å²) in [6.45, 7) is 0. The standard InChI is InChI=1S/C7H5BrFNO2/c8-4-1-3(7(10)12)5(9)2-6(4)11/h1-2,11H,(H2,10,12). The molecule has 64 valence electrons. The molecule has 0 atom stereocenters. The highest BCUT2D eigenvalue weighted by Crippen LogP contribution is 2.26. The minimum Gasteiger partial charge on any atom is -0.507 e. The average Bonchev–Trinajstić information content (AvgIpc) is 1.96. The lowest BCUT2D eigenvalue weighted by Gasteiger charge is -2.00. The molecule has 1 rings (SSSR count). The monoisotopic (exact) mass is 233 g/mol. The fourth-order valence-electron chi connectivity index (χ4n) is 0.725. The molecule has 0 saturated heterocycles. The van der Waals surface area contributed by atoms with E-state index in [-0.39, 0.29) is 15.8 Å². The van der Waals surface area contributed by atoms with Gasteiger partial charge in [0.1, 0.15) is 11.6 Å². The Morgan fingerprint density at radius 1 is 1.58 bits per heavy atom. The molecule has 1 aromatic carbocycles. The first-order valence-electron chi connectivity index (χ1n) is 3.00. The number of benzene rings is 1. The first-order valence-corrected chi connectivity index (χ1v) is 3.79. The first-order chi connectivity index (χ1) is 5.52. The zero-order valence-corrected chi connectivity index (χ0v) is 7.43. The third-order valence-electron chi connectivity index (χ3n) is 1.30. The molecule has 0 aliphatic heterocycles. The van der Waals surface area contributed by atoms with Gasteiger partial charge in [0.2, 0.25) is 0 Å². The molecule has 0 aliphatic rings. The number of phenols is 1. The summed E-state index contributed by atoms with van der Waals surface area (Å²) in [4.78, 5) is 10.6. The summed E-state index contributed by atoms with van der Waals surface area (Å²) < 4.78 is 13.0. The molecule has 0 bridgehead atoms. The molecule has 0 fully saturated rings. The molecule has 5 heteroatoms. The Labute approximate surface area is 76.1 Å². The van der Waals surface area contributed by atoms with Crippen molar-refractivity contribution in [3.8, 4) is 5.75 Å². The second-order valence-electron chi connectivity index (χ2n) is 2.15. The topological polar surface area (TPSA) is 63.3 Å². The highest BCUT2D eigenvalue weighted by atomic mass is 79.9. The van der Waals surface area contributed by atoms with Crippen molar-refractivity contribution in [2.24, 2.45) is 5.73 Å². The van der Waals surface area contributed by atoms with Crippen molar-refractivity contribution in [3.05, 3.63) is 28.0 Å². The van der Waals surface area contributed by atoms with Crippen molar-refractivity contribution in [3.63, 3.8) is 0 Å². The number of hydrogen-bond acceptors (Lipinski definition) is 2. The first kappa shape index (κ1) is 8.99. The van der Waals surface area contributed by atoms with Crippen LogP contribution in [0.5, 0.6) is 5.75 Å². The van der Waals surface area contributed by atoms with Crippen LogP contribution in [0.3, 0.4) is 0 Å². The lowest BCUT2D eigenvalue weighted by molar-refractivity contribution is 0.0996. The molecule has 0 aromatic heterocycles. The number of phenolic OH excluding ortho intramolecular Hbond substituents is 1. The summed E-state index contributed by atoms with van der Waals surface area (Å²) in [5.74, 6) is -1.96. The molecule has 1 aromatic rings. The molecule has 0 heterocycles. The molecule has 0 aliphatic carbocycles. The average molecular weight is 234 g/mol. The fourth-order valence-corrected chi connectivity index (χ4v) is 1.07. The Hall–Kier alpha value is -1.10. The van der Waals surface area contributed by atoms with Gasteiger partial charge in [0.05, 0.1) is 10.0 Å². The molecule has 3 N–H and O–H groups in total. The number of rotatable bonds is 1. The van der Waals surface area contributed by atoms with Gasteiger partial charge in [0, 0.05) is 6.07 Å². The normalized spacial score (nSPS) is 9.83. The Morgan fingerprint density at radius 3 is 2.67 bits per heavy atom. The lowest BCUT2D eigenvalue weighted by Crippen LogP contribution is -2.12. The number of amides is 1. The smallest absolute Gasteiger partial charge is 0.251 e. The zero-order valence-electron chi connectivity index (χ0n) is 5.84. The third kappa shape index (κ3) is 1.55. The second-order valence-corrected chi connectivity index (χ2v) is 3.00. The van der Waals surface area contributed by atoms with Crippen molar-refractivity contribution in [2.45, 2.75) is 0 Å². The van der Waals surface area contributed by atoms with Gasteiger partial charge in [-0.1, -0.05) is 0 Å². The summed E-state index contributed by atoms with van der Waals surface area (Å²) >= 11 is 2.92. The van der Waals surface area contributed by atoms with Gasteiger partial charge in [-0.25, -0.2) is 4.39 Å². The van der Waals surface area contributed by atoms with E-state index in [4.69, 9.17) is 10.8 Å². The lowest BCUT2D eigenvalue weighted by atomic mass is 10.2. The Bertz CT molecular complexity index is 340. The van der Waals surface area contributed by atoms with E-state index in [9.17, 15) is 9.18 Å². The van der Waals surface area contributed by atoms with Crippen LogP contribution in [0, 0.1) is 5.82 Å². The molecule has 0 spiro atoms. The van der Waals surface area contributed by atoms with Crippen molar-refractivity contribution < 1.29 is 14.3 Å². The quantitative estimate of drug-likeness (QED) is 0.771. The molecular formula is C7H5BrFNO2. The van der Waals surface area contributed by atoms with Gasteiger partial charge in [0.25, 0.3) is 5.91 Å². The summed E-state index contributed by atoms with van der Waals surface area (Å²) in [7, 11) is 0. The highest BCUT2D eigenvalue weighted by Gasteiger charge is 2.11. The van der Waals surface area contributed by atoms with Crippen molar-refractivity contribution in [1.29, 1.82) is 0 Å². The number of aromatic hydroxyl groups is 1. The molecule has 0 saturated carbocycles. The predicted octanol–water partition coefficient (Wildman–Crippen LogP) is 1.39. The van der Waals surface area contributed by atoms with E-state index < -0.39 is 11.7 Å². The van der Waals surface area contributed by atoms with E-state index in [2.05, 4.69) is 15.9 Å². The molecule has 1 amide bonds. The van der Waals surface area contributed by atoms with Crippen LogP contribution in [-0.2, 0) is 0 Å². The number of carbonyl (C=O) groups is 1. The van der Waals surface area contributed by atoms with Gasteiger partial charge in [-0.05, 0) is 22.0 Å². The number of hydrogen-bond donors (Lipinski definition) is 2. The van der Waals surface area contributed by atoms with Gasteiger partial charge in [-0.15, -0.1) is 0 Å². The van der Waals surface area contributed by atoms with E-state index in [1.54, 1.807) is 0 Å². The fraction of sp³-hybridized carbons (Fsp3) is 0. The van der Waals surface area contributed by atoms with Crippen LogP contribution >= 0.6 is 15.9 Å². The number of carbonyl (C=O) groups excluding carboxylic acids is 1. The van der Waals surface area contributed by atoms with Crippen LogP contribution in [0.15, 0.2) is 16.6 Å². The zero-order chi connectivity index (χ0) is 9.30. The van der Waals surface area contributed by atoms with Crippen LogP contribution in [0.4, 0.5) is 4.39 Å². The maximum Gasteiger partial charge on any atom is 0.251 e. The summed E-state index contributed by atoms with van der Waals surface area (Å²) in [6.07, 6.45) is 0. The Balaban J connectivity index is 3.33. The van der Waals surface area contributed by atoms with Crippen LogP contribution in [0.25, 0.3) is 0 Å². The van der Waals surface area contributed by atoms with E-state index in [0.29, 0.717) is 0 Å². The molecule has 12 heavy (non-hydrogen) atoms. The maximum atomic E-state index is 12.8. The van der Waals surface area contributed by atoms with E-state index in [0.717, 1.165) is 12.1 Å². The minimum atomic E-state index is -0.867. The van der Waals surface area contributed by atoms with Crippen LogP contribution in [0.1, 0.15) is 10.4 Å². The third-order valence-corrected chi connectivity index (χ3v) is 1.94. The van der Waals surface area contributed by atoms with Gasteiger partial charge in [-0.3, -0.25) is 4.79 Å². The second kappa shape index (κ2) is 3.10. The largest absolute Gasteiger partial charge is 0.507 e. The van der Waals surface area contributed by atoms with Gasteiger partial charge >= 0.3 is 0 Å². The minimum absolute atomic E-state index is 0.234. The van der Waals surface area contributed by atoms with Crippen LogP contribution in [-0.4, -0.2) is 11.0 Å². The van der Waals surface area contributed by atoms with Crippen molar-refractivity contribution in [1.82, 2.24) is 0 Å². The van der Waals surface area contributed by atoms with Gasteiger partial charge in [-0.2, -0.15) is 0 Å². The summed E-state index contributed by atoms with van der Waals surface area (Å²) in [5, 5.41) is 8.97. The maximum absolute atomic E-state index is 12.8. The summed E-state index contributed by atoms with van der Waals surface area (Å²) in [6, 6.07) is 1.96. The molecular weight excluding hydrogens is 229 g/mol. The predicted molar refractivity (Wildman–Crippen MR) is 44.3 cm³/mol. The molecule has 3 nitrogen and oxygen atoms in total. The van der Waals surface area contributed by atoms with Crippen molar-refractivity contribution >= 4 is 21.8 Å². The number of nitrogens with two attached hydrogens (primary N) is 1. The van der Waals surface area contributed by atoms with E-state index >= 15 is 0 Å². The van der Waals surface area contributed by atoms with Crippen molar-refractivity contribution in [2.75, 3.05) is 0 Å². The number of primary amides is 1. The summed E-state index contributed by atoms with van der Waals surface area (Å²) in [5.41, 5.74) is 4.60. The van der Waals surface area contributed by atoms with Gasteiger partial charge < -0.3 is 10.8 Å². The van der Waals surface area contributed by atoms with Crippen LogP contribution < -0.4 is 5.73 Å². The van der Waals surface area contributed by atoms with Gasteiger partial charge in [0.15, 0.2) is 0 Å². The van der Waals surface area contributed by atoms with E-state index in [1.165, 1.54) is 0 Å². The highest BCUT2D eigenvalue weighted by molar-refractivity contribution is 9.10.